The molecule has 0 spiro atoms. The van der Waals surface area contributed by atoms with Crippen molar-refractivity contribution in [1.29, 1.82) is 0 Å². The van der Waals surface area contributed by atoms with Crippen LogP contribution in [0, 0.1) is 5.82 Å². The van der Waals surface area contributed by atoms with Gasteiger partial charge in [-0.25, -0.2) is 4.39 Å². The fourth-order valence-electron chi connectivity index (χ4n) is 1.59. The fourth-order valence-corrected chi connectivity index (χ4v) is 1.59. The molecule has 4 heteroatoms. The summed E-state index contributed by atoms with van der Waals surface area (Å²) in [4.78, 5) is 11.6. The van der Waals surface area contributed by atoms with Crippen LogP contribution in [0.1, 0.15) is 32.8 Å². The summed E-state index contributed by atoms with van der Waals surface area (Å²) in [6.45, 7) is 5.45. The molecule has 1 aromatic rings. The maximum absolute atomic E-state index is 12.7. The Morgan fingerprint density at radius 2 is 1.89 bits per heavy atom. The number of hydrogen-bond donors (Lipinski definition) is 1. The lowest BCUT2D eigenvalue weighted by molar-refractivity contribution is -0.155. The van der Waals surface area contributed by atoms with Crippen LogP contribution >= 0.6 is 0 Å². The number of ether oxygens (including phenoxy) is 1. The molecule has 0 aliphatic carbocycles. The summed E-state index contributed by atoms with van der Waals surface area (Å²) in [6, 6.07) is 5.80. The predicted molar refractivity (Wildman–Crippen MR) is 68.5 cm³/mol. The van der Waals surface area contributed by atoms with E-state index in [4.69, 9.17) is 10.5 Å². The molecule has 0 saturated heterocycles. The highest BCUT2D eigenvalue weighted by Gasteiger charge is 2.18. The third-order valence-corrected chi connectivity index (χ3v) is 2.26. The Balaban J connectivity index is 2.44. The minimum Gasteiger partial charge on any atom is -0.460 e. The van der Waals surface area contributed by atoms with E-state index in [-0.39, 0.29) is 24.2 Å². The van der Waals surface area contributed by atoms with Gasteiger partial charge in [-0.05, 0) is 44.9 Å². The number of esters is 1. The lowest BCUT2D eigenvalue weighted by Gasteiger charge is -2.20. The van der Waals surface area contributed by atoms with Crippen molar-refractivity contribution < 1.29 is 13.9 Å². The highest BCUT2D eigenvalue weighted by Crippen LogP contribution is 2.11. The van der Waals surface area contributed by atoms with Gasteiger partial charge in [-0.3, -0.25) is 4.79 Å². The molecule has 1 atom stereocenters. The zero-order chi connectivity index (χ0) is 13.8. The predicted octanol–water partition coefficient (Wildman–Crippen LogP) is 2.43. The molecule has 0 radical (unpaired) electrons. The maximum Gasteiger partial charge on any atom is 0.307 e. The van der Waals surface area contributed by atoms with Crippen molar-refractivity contribution in [3.8, 4) is 0 Å². The summed E-state index contributed by atoms with van der Waals surface area (Å²) >= 11 is 0. The number of halogens is 1. The summed E-state index contributed by atoms with van der Waals surface area (Å²) in [6.07, 6.45) is 0.689. The van der Waals surface area contributed by atoms with Crippen LogP contribution in [0.2, 0.25) is 0 Å². The second-order valence-electron chi connectivity index (χ2n) is 5.38. The van der Waals surface area contributed by atoms with E-state index >= 15 is 0 Å². The SMILES string of the molecule is CC(C)(C)OC(=O)C[C@H](N)Cc1ccc(F)cc1. The molecule has 1 rings (SSSR count). The third kappa shape index (κ3) is 5.77. The molecule has 0 aromatic heterocycles. The normalized spacial score (nSPS) is 13.2. The zero-order valence-electron chi connectivity index (χ0n) is 11.1. The molecular formula is C14H20FNO2. The van der Waals surface area contributed by atoms with E-state index in [1.165, 1.54) is 12.1 Å². The Bertz CT molecular complexity index is 395. The number of hydrogen-bond acceptors (Lipinski definition) is 3. The Labute approximate surface area is 107 Å². The lowest BCUT2D eigenvalue weighted by atomic mass is 10.0. The largest absolute Gasteiger partial charge is 0.460 e. The third-order valence-electron chi connectivity index (χ3n) is 2.26. The molecule has 0 fully saturated rings. The number of nitrogens with two attached hydrogens (primary N) is 1. The number of carbonyl (C=O) groups is 1. The van der Waals surface area contributed by atoms with Gasteiger partial charge < -0.3 is 10.5 Å². The van der Waals surface area contributed by atoms with E-state index in [0.717, 1.165) is 5.56 Å². The van der Waals surface area contributed by atoms with Crippen molar-refractivity contribution in [1.82, 2.24) is 0 Å². The van der Waals surface area contributed by atoms with Crippen molar-refractivity contribution in [2.75, 3.05) is 0 Å². The van der Waals surface area contributed by atoms with Crippen molar-refractivity contribution in [2.24, 2.45) is 5.73 Å². The van der Waals surface area contributed by atoms with Gasteiger partial charge in [0.2, 0.25) is 0 Å². The average Bonchev–Trinajstić information content (AvgIpc) is 2.18. The summed E-state index contributed by atoms with van der Waals surface area (Å²) in [5, 5.41) is 0. The molecule has 0 aliphatic rings. The van der Waals surface area contributed by atoms with Gasteiger partial charge in [0.15, 0.2) is 0 Å². The minimum absolute atomic E-state index is 0.161. The van der Waals surface area contributed by atoms with Crippen LogP contribution in [0.3, 0.4) is 0 Å². The second kappa shape index (κ2) is 5.96. The van der Waals surface area contributed by atoms with Gasteiger partial charge >= 0.3 is 5.97 Å². The maximum atomic E-state index is 12.7. The summed E-state index contributed by atoms with van der Waals surface area (Å²) in [5.74, 6) is -0.587. The van der Waals surface area contributed by atoms with Crippen molar-refractivity contribution in [3.05, 3.63) is 35.6 Å². The lowest BCUT2D eigenvalue weighted by Crippen LogP contribution is -2.31. The molecule has 2 N–H and O–H groups in total. The first-order valence-electron chi connectivity index (χ1n) is 5.98. The molecule has 1 aromatic carbocycles. The first-order chi connectivity index (χ1) is 8.26. The van der Waals surface area contributed by atoms with Gasteiger partial charge in [0.25, 0.3) is 0 Å². The zero-order valence-corrected chi connectivity index (χ0v) is 11.1. The first-order valence-corrected chi connectivity index (χ1v) is 5.98. The standard InChI is InChI=1S/C14H20FNO2/c1-14(2,3)18-13(17)9-12(16)8-10-4-6-11(15)7-5-10/h4-7,12H,8-9,16H2,1-3H3/t12-/m1/s1. The van der Waals surface area contributed by atoms with Gasteiger partial charge in [-0.2, -0.15) is 0 Å². The van der Waals surface area contributed by atoms with Crippen LogP contribution in [0.15, 0.2) is 24.3 Å². The van der Waals surface area contributed by atoms with Crippen molar-refractivity contribution >= 4 is 5.97 Å². The highest BCUT2D eigenvalue weighted by molar-refractivity contribution is 5.70. The molecule has 0 heterocycles. The highest BCUT2D eigenvalue weighted by atomic mass is 19.1. The van der Waals surface area contributed by atoms with Gasteiger partial charge in [-0.15, -0.1) is 0 Å². The van der Waals surface area contributed by atoms with E-state index < -0.39 is 5.60 Å². The Kier molecular flexibility index (Phi) is 4.84. The van der Waals surface area contributed by atoms with Crippen molar-refractivity contribution in [2.45, 2.75) is 45.3 Å². The summed E-state index contributed by atoms with van der Waals surface area (Å²) < 4.78 is 17.9. The summed E-state index contributed by atoms with van der Waals surface area (Å²) in [7, 11) is 0. The Morgan fingerprint density at radius 1 is 1.33 bits per heavy atom. The van der Waals surface area contributed by atoms with E-state index in [2.05, 4.69) is 0 Å². The smallest absolute Gasteiger partial charge is 0.307 e. The van der Waals surface area contributed by atoms with Crippen LogP contribution in [-0.2, 0) is 16.0 Å². The van der Waals surface area contributed by atoms with Crippen LogP contribution in [0.25, 0.3) is 0 Å². The number of carbonyl (C=O) groups excluding carboxylic acids is 1. The second-order valence-corrected chi connectivity index (χ2v) is 5.38. The summed E-state index contributed by atoms with van der Waals surface area (Å²) in [5.41, 5.74) is 6.29. The average molecular weight is 253 g/mol. The molecule has 0 unspecified atom stereocenters. The van der Waals surface area contributed by atoms with Crippen LogP contribution in [0.4, 0.5) is 4.39 Å². The number of rotatable bonds is 4. The first kappa shape index (κ1) is 14.6. The minimum atomic E-state index is -0.493. The van der Waals surface area contributed by atoms with Crippen LogP contribution < -0.4 is 5.73 Å². The van der Waals surface area contributed by atoms with Gasteiger partial charge in [-0.1, -0.05) is 12.1 Å². The van der Waals surface area contributed by atoms with Gasteiger partial charge in [0, 0.05) is 6.04 Å². The molecular weight excluding hydrogens is 233 g/mol. The molecule has 0 bridgehead atoms. The topological polar surface area (TPSA) is 52.3 Å². The van der Waals surface area contributed by atoms with E-state index in [9.17, 15) is 9.18 Å². The quantitative estimate of drug-likeness (QED) is 0.838. The molecule has 0 amide bonds. The Morgan fingerprint density at radius 3 is 2.39 bits per heavy atom. The molecule has 100 valence electrons. The molecule has 18 heavy (non-hydrogen) atoms. The Hall–Kier alpha value is -1.42. The monoisotopic (exact) mass is 253 g/mol. The molecule has 0 saturated carbocycles. The van der Waals surface area contributed by atoms with Gasteiger partial charge in [0.05, 0.1) is 6.42 Å². The molecule has 3 nitrogen and oxygen atoms in total. The van der Waals surface area contributed by atoms with Crippen LogP contribution in [-0.4, -0.2) is 17.6 Å². The van der Waals surface area contributed by atoms with E-state index in [1.807, 2.05) is 20.8 Å². The van der Waals surface area contributed by atoms with E-state index in [1.54, 1.807) is 12.1 Å². The van der Waals surface area contributed by atoms with Crippen LogP contribution in [0.5, 0.6) is 0 Å². The van der Waals surface area contributed by atoms with Crippen molar-refractivity contribution in [3.63, 3.8) is 0 Å². The molecule has 0 aliphatic heterocycles. The number of benzene rings is 1. The van der Waals surface area contributed by atoms with Gasteiger partial charge in [0.1, 0.15) is 11.4 Å². The van der Waals surface area contributed by atoms with E-state index in [0.29, 0.717) is 6.42 Å². The fraction of sp³-hybridized carbons (Fsp3) is 0.500.